The normalized spacial score (nSPS) is 28.4. The van der Waals surface area contributed by atoms with E-state index in [0.717, 1.165) is 18.3 Å². The zero-order valence-corrected chi connectivity index (χ0v) is 20.4. The van der Waals surface area contributed by atoms with E-state index >= 15 is 0 Å². The average molecular weight is 429 g/mol. The van der Waals surface area contributed by atoms with E-state index < -0.39 is 0 Å². The monoisotopic (exact) mass is 428 g/mol. The molecular weight excluding hydrogens is 395 g/mol. The summed E-state index contributed by atoms with van der Waals surface area (Å²) in [7, 11) is 1.56. The molecule has 1 aromatic rings. The number of fused-ring (bicyclic) bond motifs is 1. The molecule has 0 saturated carbocycles. The van der Waals surface area contributed by atoms with Crippen molar-refractivity contribution in [3.8, 4) is 0 Å². The second-order valence-corrected chi connectivity index (χ2v) is 13.1. The molecule has 0 radical (unpaired) electrons. The van der Waals surface area contributed by atoms with E-state index in [1.165, 1.54) is 49.4 Å². The summed E-state index contributed by atoms with van der Waals surface area (Å²) in [4.78, 5) is 3.26. The molecular formula is C25H33PS2. The predicted molar refractivity (Wildman–Crippen MR) is 130 cm³/mol. The van der Waals surface area contributed by atoms with Crippen LogP contribution in [0.15, 0.2) is 39.0 Å². The predicted octanol–water partition coefficient (Wildman–Crippen LogP) is 8.23. The number of hydrogen-bond acceptors (Lipinski definition) is 2. The summed E-state index contributed by atoms with van der Waals surface area (Å²) in [5, 5.41) is 1.60. The van der Waals surface area contributed by atoms with Crippen molar-refractivity contribution in [2.24, 2.45) is 17.8 Å². The lowest BCUT2D eigenvalue weighted by molar-refractivity contribution is 0.367. The van der Waals surface area contributed by atoms with E-state index in [0.29, 0.717) is 5.92 Å². The lowest BCUT2D eigenvalue weighted by Crippen LogP contribution is -2.25. The van der Waals surface area contributed by atoms with Gasteiger partial charge in [-0.15, -0.1) is 19.5 Å². The maximum atomic E-state index is 4.48. The quantitative estimate of drug-likeness (QED) is 0.344. The third-order valence-corrected chi connectivity index (χ3v) is 10.9. The van der Waals surface area contributed by atoms with Crippen molar-refractivity contribution < 1.29 is 0 Å². The smallest absolute Gasteiger partial charge is 0.0678 e. The molecule has 0 saturated heterocycles. The minimum absolute atomic E-state index is 0.711. The first-order valence-corrected chi connectivity index (χ1v) is 13.4. The van der Waals surface area contributed by atoms with Crippen LogP contribution >= 0.6 is 31.3 Å². The third-order valence-electron chi connectivity index (χ3n) is 6.81. The van der Waals surface area contributed by atoms with Gasteiger partial charge in [-0.25, -0.2) is 0 Å². The summed E-state index contributed by atoms with van der Waals surface area (Å²) >= 11 is 4.16. The van der Waals surface area contributed by atoms with Gasteiger partial charge in [-0.05, 0) is 110 Å². The highest BCUT2D eigenvalue weighted by Crippen LogP contribution is 2.50. The molecule has 4 rings (SSSR count). The van der Waals surface area contributed by atoms with Gasteiger partial charge in [0.2, 0.25) is 0 Å². The SMILES string of the molecule is C=C(C)C1=C(Sc2sc3c(c2C)CC(C)C3)CC(C2CP=C(C)CC2=C)CC1. The van der Waals surface area contributed by atoms with Gasteiger partial charge in [0, 0.05) is 4.88 Å². The highest BCUT2D eigenvalue weighted by Gasteiger charge is 2.32. The van der Waals surface area contributed by atoms with Crippen LogP contribution in [0.1, 0.15) is 62.5 Å². The molecule has 3 atom stereocenters. The van der Waals surface area contributed by atoms with Gasteiger partial charge in [0.05, 0.1) is 4.21 Å². The molecule has 0 spiro atoms. The van der Waals surface area contributed by atoms with E-state index in [9.17, 15) is 0 Å². The van der Waals surface area contributed by atoms with E-state index in [4.69, 9.17) is 0 Å². The summed E-state index contributed by atoms with van der Waals surface area (Å²) in [6.45, 7) is 18.0. The zero-order chi connectivity index (χ0) is 20.0. The summed E-state index contributed by atoms with van der Waals surface area (Å²) in [6.07, 6.45) is 8.74. The average Bonchev–Trinajstić information content (AvgIpc) is 3.12. The first kappa shape index (κ1) is 20.7. The Morgan fingerprint density at radius 3 is 2.68 bits per heavy atom. The van der Waals surface area contributed by atoms with Crippen LogP contribution in [-0.4, -0.2) is 11.5 Å². The van der Waals surface area contributed by atoms with E-state index in [1.807, 2.05) is 0 Å². The molecule has 3 unspecified atom stereocenters. The fourth-order valence-electron chi connectivity index (χ4n) is 5.17. The van der Waals surface area contributed by atoms with E-state index in [-0.39, 0.29) is 0 Å². The highest BCUT2D eigenvalue weighted by molar-refractivity contribution is 8.04. The molecule has 0 N–H and O–H groups in total. The molecule has 2 aliphatic carbocycles. The lowest BCUT2D eigenvalue weighted by Gasteiger charge is -2.35. The van der Waals surface area contributed by atoms with Crippen LogP contribution in [0.2, 0.25) is 0 Å². The molecule has 0 amide bonds. The molecule has 0 fully saturated rings. The summed E-state index contributed by atoms with van der Waals surface area (Å²) in [5.41, 5.74) is 7.54. The number of thiophene rings is 1. The van der Waals surface area contributed by atoms with Crippen LogP contribution in [0.5, 0.6) is 0 Å². The summed E-state index contributed by atoms with van der Waals surface area (Å²) in [5.74, 6) is 2.31. The Labute approximate surface area is 181 Å². The maximum absolute atomic E-state index is 4.48. The molecule has 0 aromatic carbocycles. The Hall–Kier alpha value is -0.560. The number of rotatable bonds is 4. The van der Waals surface area contributed by atoms with Gasteiger partial charge in [-0.3, -0.25) is 0 Å². The van der Waals surface area contributed by atoms with Gasteiger partial charge < -0.3 is 0 Å². The van der Waals surface area contributed by atoms with Crippen molar-refractivity contribution in [2.75, 3.05) is 6.16 Å². The van der Waals surface area contributed by atoms with Crippen LogP contribution in [0.3, 0.4) is 0 Å². The molecule has 1 aromatic heterocycles. The number of hydrogen-bond donors (Lipinski definition) is 0. The maximum Gasteiger partial charge on any atom is 0.0678 e. The molecule has 3 heteroatoms. The van der Waals surface area contributed by atoms with Gasteiger partial charge in [0.15, 0.2) is 0 Å². The molecule has 28 heavy (non-hydrogen) atoms. The Morgan fingerprint density at radius 2 is 2.00 bits per heavy atom. The third kappa shape index (κ3) is 4.03. The Kier molecular flexibility index (Phi) is 6.13. The molecule has 0 bridgehead atoms. The minimum atomic E-state index is 0.711. The standard InChI is InChI=1S/C25H33PS2/c1-14(2)20-8-7-19(22-13-26-17(5)11-16(22)4)12-24(20)28-25-18(6)21-9-15(3)10-23(21)27-25/h15,19,22H,1,4,7-13H2,2-3,5-6H3. The van der Waals surface area contributed by atoms with E-state index in [2.05, 4.69) is 64.0 Å². The number of thioether (sulfide) groups is 1. The van der Waals surface area contributed by atoms with Crippen LogP contribution < -0.4 is 0 Å². The second-order valence-electron chi connectivity index (χ2n) is 9.23. The van der Waals surface area contributed by atoms with E-state index in [1.54, 1.807) is 44.2 Å². The Morgan fingerprint density at radius 1 is 1.21 bits per heavy atom. The highest BCUT2D eigenvalue weighted by atomic mass is 32.2. The first-order chi connectivity index (χ1) is 13.3. The van der Waals surface area contributed by atoms with Crippen molar-refractivity contribution in [3.05, 3.63) is 50.8 Å². The van der Waals surface area contributed by atoms with Crippen molar-refractivity contribution >= 4 is 36.6 Å². The number of allylic oxidation sites excluding steroid dienone is 4. The van der Waals surface area contributed by atoms with Crippen LogP contribution in [0.4, 0.5) is 0 Å². The van der Waals surface area contributed by atoms with Crippen molar-refractivity contribution in [1.82, 2.24) is 0 Å². The van der Waals surface area contributed by atoms with Gasteiger partial charge in [-0.2, -0.15) is 0 Å². The molecule has 0 nitrogen and oxygen atoms in total. The van der Waals surface area contributed by atoms with Crippen LogP contribution in [0, 0.1) is 24.7 Å². The van der Waals surface area contributed by atoms with Gasteiger partial charge in [-0.1, -0.05) is 43.0 Å². The van der Waals surface area contributed by atoms with Crippen molar-refractivity contribution in [3.63, 3.8) is 0 Å². The fourth-order valence-corrected chi connectivity index (χ4v) is 9.75. The minimum Gasteiger partial charge on any atom is -0.133 e. The van der Waals surface area contributed by atoms with Crippen LogP contribution in [0.25, 0.3) is 0 Å². The molecule has 1 aliphatic heterocycles. The molecule has 150 valence electrons. The molecule has 3 aliphatic rings. The largest absolute Gasteiger partial charge is 0.133 e. The second kappa shape index (κ2) is 8.29. The van der Waals surface area contributed by atoms with Crippen molar-refractivity contribution in [1.29, 1.82) is 0 Å². The topological polar surface area (TPSA) is 0 Å². The fraction of sp³-hybridized carbons (Fsp3) is 0.560. The Bertz CT molecular complexity index is 883. The lowest BCUT2D eigenvalue weighted by atomic mass is 9.76. The van der Waals surface area contributed by atoms with Gasteiger partial charge in [0.25, 0.3) is 0 Å². The Balaban J connectivity index is 1.58. The van der Waals surface area contributed by atoms with Crippen LogP contribution in [-0.2, 0) is 12.8 Å². The summed E-state index contributed by atoms with van der Waals surface area (Å²) in [6, 6.07) is 0. The van der Waals surface area contributed by atoms with Crippen molar-refractivity contribution in [2.45, 2.75) is 70.4 Å². The first-order valence-electron chi connectivity index (χ1n) is 10.7. The summed E-state index contributed by atoms with van der Waals surface area (Å²) < 4.78 is 1.55. The molecule has 2 heterocycles. The van der Waals surface area contributed by atoms with Gasteiger partial charge in [0.1, 0.15) is 0 Å². The van der Waals surface area contributed by atoms with Gasteiger partial charge >= 0.3 is 0 Å². The zero-order valence-electron chi connectivity index (χ0n) is 17.9.